The van der Waals surface area contributed by atoms with Gasteiger partial charge in [0.15, 0.2) is 0 Å². The van der Waals surface area contributed by atoms with Crippen molar-refractivity contribution in [2.24, 2.45) is 5.92 Å². The predicted octanol–water partition coefficient (Wildman–Crippen LogP) is 5.38. The lowest BCUT2D eigenvalue weighted by Crippen LogP contribution is -2.13. The first kappa shape index (κ1) is 13.0. The summed E-state index contributed by atoms with van der Waals surface area (Å²) in [5.74, 6) is 0.796. The van der Waals surface area contributed by atoms with Gasteiger partial charge in [0.05, 0.1) is 10.7 Å². The zero-order valence-corrected chi connectivity index (χ0v) is 11.5. The summed E-state index contributed by atoms with van der Waals surface area (Å²) in [7, 11) is 0. The van der Waals surface area contributed by atoms with E-state index in [0.717, 1.165) is 18.2 Å². The molecule has 0 atom stereocenters. The molecule has 1 aromatic carbocycles. The van der Waals surface area contributed by atoms with Gasteiger partial charge in [0.2, 0.25) is 0 Å². The predicted molar refractivity (Wildman–Crippen MR) is 76.1 cm³/mol. The van der Waals surface area contributed by atoms with Gasteiger partial charge in [-0.15, -0.1) is 0 Å². The van der Waals surface area contributed by atoms with Crippen LogP contribution in [0.25, 0.3) is 0 Å². The Kier molecular flexibility index (Phi) is 4.99. The van der Waals surface area contributed by atoms with Crippen molar-refractivity contribution in [3.8, 4) is 0 Å². The van der Waals surface area contributed by atoms with Crippen LogP contribution in [0.2, 0.25) is 10.0 Å². The largest absolute Gasteiger partial charge is 0.384 e. The van der Waals surface area contributed by atoms with Crippen LogP contribution in [0.5, 0.6) is 0 Å². The van der Waals surface area contributed by atoms with Crippen molar-refractivity contribution in [2.75, 3.05) is 11.9 Å². The normalized spacial score (nSPS) is 17.8. The number of hydrogen-bond acceptors (Lipinski definition) is 1. The van der Waals surface area contributed by atoms with Crippen LogP contribution in [-0.2, 0) is 0 Å². The van der Waals surface area contributed by atoms with E-state index in [9.17, 15) is 0 Å². The molecule has 0 spiro atoms. The highest BCUT2D eigenvalue weighted by molar-refractivity contribution is 6.36. The van der Waals surface area contributed by atoms with E-state index in [0.29, 0.717) is 10.0 Å². The highest BCUT2D eigenvalue weighted by atomic mass is 35.5. The molecule has 1 aliphatic carbocycles. The minimum atomic E-state index is 0.690. The second kappa shape index (κ2) is 6.51. The van der Waals surface area contributed by atoms with Gasteiger partial charge in [-0.25, -0.2) is 0 Å². The third kappa shape index (κ3) is 4.08. The molecule has 0 aromatic heterocycles. The summed E-state index contributed by atoms with van der Waals surface area (Å²) < 4.78 is 0. The minimum absolute atomic E-state index is 0.690. The Bertz CT molecular complexity index is 357. The third-order valence-electron chi connectivity index (χ3n) is 3.49. The lowest BCUT2D eigenvalue weighted by molar-refractivity contribution is 0.483. The van der Waals surface area contributed by atoms with Crippen molar-refractivity contribution >= 4 is 28.9 Å². The van der Waals surface area contributed by atoms with Crippen LogP contribution in [0, 0.1) is 5.92 Å². The van der Waals surface area contributed by atoms with Crippen molar-refractivity contribution in [1.29, 1.82) is 0 Å². The van der Waals surface area contributed by atoms with Gasteiger partial charge in [-0.1, -0.05) is 48.9 Å². The highest BCUT2D eigenvalue weighted by Crippen LogP contribution is 2.27. The van der Waals surface area contributed by atoms with Crippen LogP contribution >= 0.6 is 23.2 Å². The van der Waals surface area contributed by atoms with E-state index in [-0.39, 0.29) is 0 Å². The first-order valence-electron chi connectivity index (χ1n) is 6.44. The Morgan fingerprint density at radius 2 is 1.76 bits per heavy atom. The van der Waals surface area contributed by atoms with Gasteiger partial charge in [-0.05, 0) is 37.0 Å². The molecule has 0 heterocycles. The molecule has 94 valence electrons. The summed E-state index contributed by atoms with van der Waals surface area (Å²) in [4.78, 5) is 0. The average molecular weight is 272 g/mol. The molecule has 17 heavy (non-hydrogen) atoms. The van der Waals surface area contributed by atoms with Gasteiger partial charge in [-0.2, -0.15) is 0 Å². The maximum atomic E-state index is 6.13. The molecule has 0 saturated heterocycles. The maximum Gasteiger partial charge on any atom is 0.0652 e. The summed E-state index contributed by atoms with van der Waals surface area (Å²) in [6.45, 7) is 1.03. The molecule has 1 N–H and O–H groups in total. The Morgan fingerprint density at radius 1 is 1.06 bits per heavy atom. The molecule has 1 aromatic rings. The SMILES string of the molecule is Clc1ccc(NCC2CCCCCC2)c(Cl)c1. The maximum absolute atomic E-state index is 6.13. The fourth-order valence-corrected chi connectivity index (χ4v) is 2.93. The fraction of sp³-hybridized carbons (Fsp3) is 0.571. The highest BCUT2D eigenvalue weighted by Gasteiger charge is 2.12. The van der Waals surface area contributed by atoms with E-state index < -0.39 is 0 Å². The molecule has 0 unspecified atom stereocenters. The number of halogens is 2. The lowest BCUT2D eigenvalue weighted by Gasteiger charge is -2.16. The molecular formula is C14H19Cl2N. The smallest absolute Gasteiger partial charge is 0.0652 e. The van der Waals surface area contributed by atoms with Gasteiger partial charge in [-0.3, -0.25) is 0 Å². The summed E-state index contributed by atoms with van der Waals surface area (Å²) in [6, 6.07) is 5.63. The monoisotopic (exact) mass is 271 g/mol. The zero-order valence-electron chi connectivity index (χ0n) is 10.0. The van der Waals surface area contributed by atoms with E-state index in [1.54, 1.807) is 6.07 Å². The number of hydrogen-bond donors (Lipinski definition) is 1. The molecule has 0 amide bonds. The van der Waals surface area contributed by atoms with Crippen molar-refractivity contribution < 1.29 is 0 Å². The quantitative estimate of drug-likeness (QED) is 0.729. The zero-order chi connectivity index (χ0) is 12.1. The molecule has 2 rings (SSSR count). The summed E-state index contributed by atoms with van der Waals surface area (Å²) >= 11 is 12.0. The van der Waals surface area contributed by atoms with Crippen molar-refractivity contribution in [2.45, 2.75) is 38.5 Å². The average Bonchev–Trinajstić information content (AvgIpc) is 2.56. The molecule has 3 heteroatoms. The summed E-state index contributed by atoms with van der Waals surface area (Å²) in [6.07, 6.45) is 8.24. The number of benzene rings is 1. The van der Waals surface area contributed by atoms with Gasteiger partial charge in [0.1, 0.15) is 0 Å². The van der Waals surface area contributed by atoms with Crippen LogP contribution < -0.4 is 5.32 Å². The van der Waals surface area contributed by atoms with E-state index in [4.69, 9.17) is 23.2 Å². The van der Waals surface area contributed by atoms with E-state index in [2.05, 4.69) is 5.32 Å². The number of nitrogens with one attached hydrogen (secondary N) is 1. The molecule has 1 aliphatic rings. The van der Waals surface area contributed by atoms with Gasteiger partial charge in [0, 0.05) is 11.6 Å². The molecule has 0 radical (unpaired) electrons. The Balaban J connectivity index is 1.88. The Labute approximate surface area is 114 Å². The Morgan fingerprint density at radius 3 is 2.41 bits per heavy atom. The topological polar surface area (TPSA) is 12.0 Å². The van der Waals surface area contributed by atoms with E-state index in [1.165, 1.54) is 38.5 Å². The van der Waals surface area contributed by atoms with Crippen molar-refractivity contribution in [3.05, 3.63) is 28.2 Å². The molecular weight excluding hydrogens is 253 g/mol. The number of rotatable bonds is 3. The van der Waals surface area contributed by atoms with E-state index >= 15 is 0 Å². The Hall–Kier alpha value is -0.400. The second-order valence-electron chi connectivity index (χ2n) is 4.86. The molecule has 1 saturated carbocycles. The lowest BCUT2D eigenvalue weighted by atomic mass is 10.0. The number of anilines is 1. The molecule has 0 aliphatic heterocycles. The molecule has 1 fully saturated rings. The second-order valence-corrected chi connectivity index (χ2v) is 5.71. The van der Waals surface area contributed by atoms with Gasteiger partial charge >= 0.3 is 0 Å². The molecule has 0 bridgehead atoms. The van der Waals surface area contributed by atoms with Gasteiger partial charge in [0.25, 0.3) is 0 Å². The van der Waals surface area contributed by atoms with Crippen LogP contribution in [0.15, 0.2) is 18.2 Å². The minimum Gasteiger partial charge on any atom is -0.384 e. The fourth-order valence-electron chi connectivity index (χ4n) is 2.46. The first-order chi connectivity index (χ1) is 8.25. The van der Waals surface area contributed by atoms with Crippen LogP contribution in [-0.4, -0.2) is 6.54 Å². The van der Waals surface area contributed by atoms with Gasteiger partial charge < -0.3 is 5.32 Å². The molecule has 1 nitrogen and oxygen atoms in total. The van der Waals surface area contributed by atoms with Crippen molar-refractivity contribution in [3.63, 3.8) is 0 Å². The van der Waals surface area contributed by atoms with Crippen molar-refractivity contribution in [1.82, 2.24) is 0 Å². The van der Waals surface area contributed by atoms with Crippen LogP contribution in [0.1, 0.15) is 38.5 Å². The standard InChI is InChI=1S/C14H19Cl2N/c15-12-7-8-14(13(16)9-12)17-10-11-5-3-1-2-4-6-11/h7-9,11,17H,1-6,10H2. The third-order valence-corrected chi connectivity index (χ3v) is 4.03. The van der Waals surface area contributed by atoms with Crippen LogP contribution in [0.3, 0.4) is 0 Å². The van der Waals surface area contributed by atoms with E-state index in [1.807, 2.05) is 12.1 Å². The van der Waals surface area contributed by atoms with Crippen LogP contribution in [0.4, 0.5) is 5.69 Å². The first-order valence-corrected chi connectivity index (χ1v) is 7.20. The summed E-state index contributed by atoms with van der Waals surface area (Å²) in [5, 5.41) is 4.85. The summed E-state index contributed by atoms with van der Waals surface area (Å²) in [5.41, 5.74) is 1.00.